The van der Waals surface area contributed by atoms with Crippen LogP contribution in [0.3, 0.4) is 0 Å². The standard InChI is InChI=1S/C16H17FN2O2/c1-10-7-8-11(9-12(10)17)15(16(18)20)19-13-5-3-4-6-14(13)21-2/h3-9,15,19H,1-2H3,(H2,18,20). The number of amides is 1. The average molecular weight is 288 g/mol. The molecule has 0 aliphatic heterocycles. The molecular formula is C16H17FN2O2. The Hall–Kier alpha value is -2.56. The summed E-state index contributed by atoms with van der Waals surface area (Å²) in [6, 6.07) is 10.9. The molecule has 1 amide bonds. The first-order chi connectivity index (χ1) is 10.0. The lowest BCUT2D eigenvalue weighted by Crippen LogP contribution is -2.28. The molecule has 2 aromatic rings. The van der Waals surface area contributed by atoms with Crippen LogP contribution in [0.2, 0.25) is 0 Å². The summed E-state index contributed by atoms with van der Waals surface area (Å²) in [7, 11) is 1.53. The minimum Gasteiger partial charge on any atom is -0.495 e. The first-order valence-corrected chi connectivity index (χ1v) is 6.48. The third-order valence-corrected chi connectivity index (χ3v) is 3.22. The zero-order valence-corrected chi connectivity index (χ0v) is 11.9. The number of hydrogen-bond acceptors (Lipinski definition) is 3. The molecule has 2 aromatic carbocycles. The number of ether oxygens (including phenoxy) is 1. The van der Waals surface area contributed by atoms with E-state index in [1.165, 1.54) is 13.2 Å². The second-order valence-electron chi connectivity index (χ2n) is 4.69. The minimum absolute atomic E-state index is 0.374. The number of carbonyl (C=O) groups is 1. The largest absolute Gasteiger partial charge is 0.495 e. The molecule has 0 heterocycles. The summed E-state index contributed by atoms with van der Waals surface area (Å²) in [5.41, 5.74) is 7.03. The third-order valence-electron chi connectivity index (χ3n) is 3.22. The molecule has 0 aliphatic rings. The second kappa shape index (κ2) is 6.26. The van der Waals surface area contributed by atoms with E-state index in [0.29, 0.717) is 22.6 Å². The zero-order chi connectivity index (χ0) is 15.4. The van der Waals surface area contributed by atoms with Crippen molar-refractivity contribution in [3.63, 3.8) is 0 Å². The zero-order valence-electron chi connectivity index (χ0n) is 11.9. The summed E-state index contributed by atoms with van der Waals surface area (Å²) in [6.45, 7) is 1.66. The second-order valence-corrected chi connectivity index (χ2v) is 4.69. The van der Waals surface area contributed by atoms with E-state index in [1.54, 1.807) is 37.3 Å². The lowest BCUT2D eigenvalue weighted by molar-refractivity contribution is -0.118. The first kappa shape index (κ1) is 14.8. The molecule has 3 N–H and O–H groups in total. The van der Waals surface area contributed by atoms with E-state index in [-0.39, 0.29) is 5.82 Å². The quantitative estimate of drug-likeness (QED) is 0.889. The van der Waals surface area contributed by atoms with Gasteiger partial charge in [0, 0.05) is 0 Å². The van der Waals surface area contributed by atoms with Crippen LogP contribution in [0.1, 0.15) is 17.2 Å². The van der Waals surface area contributed by atoms with Crippen molar-refractivity contribution in [3.8, 4) is 5.75 Å². The molecule has 110 valence electrons. The molecule has 5 heteroatoms. The molecule has 0 bridgehead atoms. The molecule has 2 rings (SSSR count). The van der Waals surface area contributed by atoms with E-state index >= 15 is 0 Å². The number of aryl methyl sites for hydroxylation is 1. The van der Waals surface area contributed by atoms with Gasteiger partial charge in [0.15, 0.2) is 0 Å². The average Bonchev–Trinajstić information content (AvgIpc) is 2.48. The molecule has 0 spiro atoms. The molecule has 0 fully saturated rings. The van der Waals surface area contributed by atoms with Crippen molar-refractivity contribution in [2.24, 2.45) is 5.73 Å². The highest BCUT2D eigenvalue weighted by molar-refractivity contribution is 5.85. The van der Waals surface area contributed by atoms with Crippen molar-refractivity contribution in [2.75, 3.05) is 12.4 Å². The van der Waals surface area contributed by atoms with E-state index in [9.17, 15) is 9.18 Å². The Morgan fingerprint density at radius 3 is 2.62 bits per heavy atom. The first-order valence-electron chi connectivity index (χ1n) is 6.48. The fourth-order valence-electron chi connectivity index (χ4n) is 2.03. The van der Waals surface area contributed by atoms with Crippen molar-refractivity contribution in [3.05, 3.63) is 59.4 Å². The molecule has 1 atom stereocenters. The Morgan fingerprint density at radius 1 is 1.29 bits per heavy atom. The van der Waals surface area contributed by atoms with Crippen LogP contribution in [0.4, 0.5) is 10.1 Å². The molecular weight excluding hydrogens is 271 g/mol. The van der Waals surface area contributed by atoms with E-state index in [0.717, 1.165) is 0 Å². The lowest BCUT2D eigenvalue weighted by Gasteiger charge is -2.19. The highest BCUT2D eigenvalue weighted by Crippen LogP contribution is 2.28. The van der Waals surface area contributed by atoms with E-state index in [2.05, 4.69) is 5.32 Å². The van der Waals surface area contributed by atoms with Gasteiger partial charge in [0.25, 0.3) is 0 Å². The van der Waals surface area contributed by atoms with Crippen LogP contribution in [-0.4, -0.2) is 13.0 Å². The van der Waals surface area contributed by atoms with Crippen LogP contribution >= 0.6 is 0 Å². The number of benzene rings is 2. The van der Waals surface area contributed by atoms with Crippen LogP contribution in [-0.2, 0) is 4.79 Å². The van der Waals surface area contributed by atoms with Crippen LogP contribution in [0.5, 0.6) is 5.75 Å². The Labute approximate surface area is 122 Å². The summed E-state index contributed by atoms with van der Waals surface area (Å²) in [4.78, 5) is 11.7. The van der Waals surface area contributed by atoms with Crippen LogP contribution in [0.25, 0.3) is 0 Å². The number of halogens is 1. The topological polar surface area (TPSA) is 64.3 Å². The minimum atomic E-state index is -0.837. The van der Waals surface area contributed by atoms with Gasteiger partial charge in [-0.1, -0.05) is 24.3 Å². The van der Waals surface area contributed by atoms with Gasteiger partial charge in [-0.2, -0.15) is 0 Å². The van der Waals surface area contributed by atoms with Crippen LogP contribution in [0, 0.1) is 12.7 Å². The summed E-state index contributed by atoms with van der Waals surface area (Å²) < 4.78 is 18.9. The van der Waals surface area contributed by atoms with Gasteiger partial charge in [-0.15, -0.1) is 0 Å². The molecule has 21 heavy (non-hydrogen) atoms. The Morgan fingerprint density at radius 2 is 2.00 bits per heavy atom. The maximum atomic E-state index is 13.7. The van der Waals surface area contributed by atoms with Gasteiger partial charge in [-0.3, -0.25) is 4.79 Å². The Kier molecular flexibility index (Phi) is 4.42. The predicted molar refractivity (Wildman–Crippen MR) is 79.7 cm³/mol. The van der Waals surface area contributed by atoms with Crippen molar-refractivity contribution < 1.29 is 13.9 Å². The third kappa shape index (κ3) is 3.31. The van der Waals surface area contributed by atoms with Gasteiger partial charge < -0.3 is 15.8 Å². The molecule has 0 saturated carbocycles. The highest BCUT2D eigenvalue weighted by atomic mass is 19.1. The van der Waals surface area contributed by atoms with Gasteiger partial charge in [0.1, 0.15) is 17.6 Å². The summed E-state index contributed by atoms with van der Waals surface area (Å²) >= 11 is 0. The van der Waals surface area contributed by atoms with Gasteiger partial charge >= 0.3 is 0 Å². The SMILES string of the molecule is COc1ccccc1NC(C(N)=O)c1ccc(C)c(F)c1. The molecule has 0 radical (unpaired) electrons. The predicted octanol–water partition coefficient (Wildman–Crippen LogP) is 2.78. The van der Waals surface area contributed by atoms with Gasteiger partial charge in [0.05, 0.1) is 12.8 Å². The highest BCUT2D eigenvalue weighted by Gasteiger charge is 2.20. The van der Waals surface area contributed by atoms with Crippen LogP contribution < -0.4 is 15.8 Å². The fraction of sp³-hybridized carbons (Fsp3) is 0.188. The number of rotatable bonds is 5. The molecule has 0 saturated heterocycles. The number of para-hydroxylation sites is 2. The van der Waals surface area contributed by atoms with Crippen molar-refractivity contribution in [2.45, 2.75) is 13.0 Å². The molecule has 1 unspecified atom stereocenters. The summed E-state index contributed by atoms with van der Waals surface area (Å²) in [5, 5.41) is 2.99. The fourth-order valence-corrected chi connectivity index (χ4v) is 2.03. The maximum Gasteiger partial charge on any atom is 0.244 e. The Bertz CT molecular complexity index is 658. The summed E-state index contributed by atoms with van der Waals surface area (Å²) in [5.74, 6) is -0.388. The van der Waals surface area contributed by atoms with Crippen LogP contribution in [0.15, 0.2) is 42.5 Å². The van der Waals surface area contributed by atoms with Gasteiger partial charge in [-0.05, 0) is 36.2 Å². The van der Waals surface area contributed by atoms with Gasteiger partial charge in [0.2, 0.25) is 5.91 Å². The van der Waals surface area contributed by atoms with Crippen molar-refractivity contribution in [1.82, 2.24) is 0 Å². The number of hydrogen-bond donors (Lipinski definition) is 2. The monoisotopic (exact) mass is 288 g/mol. The smallest absolute Gasteiger partial charge is 0.244 e. The normalized spacial score (nSPS) is 11.8. The number of anilines is 1. The maximum absolute atomic E-state index is 13.7. The van der Waals surface area contributed by atoms with E-state index < -0.39 is 11.9 Å². The number of primary amides is 1. The lowest BCUT2D eigenvalue weighted by atomic mass is 10.0. The number of nitrogens with one attached hydrogen (secondary N) is 1. The van der Waals surface area contributed by atoms with Crippen molar-refractivity contribution >= 4 is 11.6 Å². The summed E-state index contributed by atoms with van der Waals surface area (Å²) in [6.07, 6.45) is 0. The number of carbonyl (C=O) groups excluding carboxylic acids is 1. The van der Waals surface area contributed by atoms with E-state index in [1.807, 2.05) is 6.07 Å². The molecule has 0 aliphatic carbocycles. The number of nitrogens with two attached hydrogens (primary N) is 1. The number of methoxy groups -OCH3 is 1. The Balaban J connectivity index is 2.35. The van der Waals surface area contributed by atoms with Crippen molar-refractivity contribution in [1.29, 1.82) is 0 Å². The molecule has 4 nitrogen and oxygen atoms in total. The van der Waals surface area contributed by atoms with Gasteiger partial charge in [-0.25, -0.2) is 4.39 Å². The van der Waals surface area contributed by atoms with E-state index in [4.69, 9.17) is 10.5 Å². The molecule has 0 aromatic heterocycles.